The molecule has 0 fully saturated rings. The second-order valence-electron chi connectivity index (χ2n) is 2.80. The van der Waals surface area contributed by atoms with E-state index in [1.54, 1.807) is 12.4 Å². The molecular formula is C9H14N4O. The number of nitrogens with one attached hydrogen (secondary N) is 2. The van der Waals surface area contributed by atoms with Crippen LogP contribution in [0.15, 0.2) is 18.7 Å². The number of carbonyl (C=O) groups excluding carboxylic acids is 1. The van der Waals surface area contributed by atoms with Gasteiger partial charge in [0.25, 0.3) is 0 Å². The maximum Gasteiger partial charge on any atom is 0.233 e. The van der Waals surface area contributed by atoms with E-state index in [4.69, 9.17) is 0 Å². The van der Waals surface area contributed by atoms with Gasteiger partial charge in [-0.3, -0.25) is 4.79 Å². The number of aromatic nitrogens is 2. The van der Waals surface area contributed by atoms with Crippen molar-refractivity contribution in [1.29, 1.82) is 0 Å². The van der Waals surface area contributed by atoms with Crippen molar-refractivity contribution in [3.8, 4) is 0 Å². The Morgan fingerprint density at radius 2 is 2.14 bits per heavy atom. The summed E-state index contributed by atoms with van der Waals surface area (Å²) >= 11 is 0. The molecule has 1 aromatic heterocycles. The van der Waals surface area contributed by atoms with Crippen molar-refractivity contribution >= 4 is 5.91 Å². The molecular weight excluding hydrogens is 180 g/mol. The van der Waals surface area contributed by atoms with Crippen LogP contribution in [0.5, 0.6) is 0 Å². The summed E-state index contributed by atoms with van der Waals surface area (Å²) in [5.74, 6) is 0.00403. The summed E-state index contributed by atoms with van der Waals surface area (Å²) in [6, 6.07) is 0. The number of hydrogen-bond donors (Lipinski definition) is 2. The minimum absolute atomic E-state index is 0.00403. The first-order valence-electron chi connectivity index (χ1n) is 4.54. The first-order valence-corrected chi connectivity index (χ1v) is 4.54. The second kappa shape index (κ2) is 6.04. The zero-order valence-corrected chi connectivity index (χ0v) is 8.16. The van der Waals surface area contributed by atoms with Gasteiger partial charge >= 0.3 is 0 Å². The van der Waals surface area contributed by atoms with Crippen molar-refractivity contribution in [2.45, 2.75) is 13.5 Å². The van der Waals surface area contributed by atoms with Crippen LogP contribution in [0.3, 0.4) is 0 Å². The minimum Gasteiger partial charge on any atom is -0.355 e. The summed E-state index contributed by atoms with van der Waals surface area (Å²) in [5, 5.41) is 5.69. The lowest BCUT2D eigenvalue weighted by Gasteiger charge is -2.03. The number of hydrogen-bond acceptors (Lipinski definition) is 4. The van der Waals surface area contributed by atoms with E-state index in [9.17, 15) is 4.79 Å². The molecule has 0 aliphatic carbocycles. The number of nitrogens with zero attached hydrogens (tertiary/aromatic N) is 2. The van der Waals surface area contributed by atoms with Gasteiger partial charge in [-0.05, 0) is 6.92 Å². The van der Waals surface area contributed by atoms with Crippen LogP contribution >= 0.6 is 0 Å². The Balaban J connectivity index is 2.19. The summed E-state index contributed by atoms with van der Waals surface area (Å²) in [7, 11) is 0. The van der Waals surface area contributed by atoms with E-state index in [-0.39, 0.29) is 5.91 Å². The molecule has 0 aromatic carbocycles. The van der Waals surface area contributed by atoms with E-state index in [1.807, 2.05) is 6.92 Å². The quantitative estimate of drug-likeness (QED) is 0.675. The van der Waals surface area contributed by atoms with Crippen LogP contribution in [0.2, 0.25) is 0 Å². The van der Waals surface area contributed by atoms with Crippen molar-refractivity contribution < 1.29 is 4.79 Å². The topological polar surface area (TPSA) is 66.9 Å². The summed E-state index contributed by atoms with van der Waals surface area (Å²) in [6.45, 7) is 3.48. The predicted molar refractivity (Wildman–Crippen MR) is 52.4 cm³/mol. The Labute approximate surface area is 83.0 Å². The zero-order valence-electron chi connectivity index (χ0n) is 8.16. The molecule has 0 atom stereocenters. The fraction of sp³-hybridized carbons (Fsp3) is 0.444. The summed E-state index contributed by atoms with van der Waals surface area (Å²) in [4.78, 5) is 18.8. The summed E-state index contributed by atoms with van der Waals surface area (Å²) < 4.78 is 0. The molecule has 5 nitrogen and oxygen atoms in total. The second-order valence-corrected chi connectivity index (χ2v) is 2.80. The molecule has 0 bridgehead atoms. The third-order valence-corrected chi connectivity index (χ3v) is 1.60. The van der Waals surface area contributed by atoms with Gasteiger partial charge in [0.15, 0.2) is 0 Å². The number of amides is 1. The van der Waals surface area contributed by atoms with Gasteiger partial charge in [-0.2, -0.15) is 0 Å². The molecule has 0 aliphatic heterocycles. The molecule has 2 N–H and O–H groups in total. The molecule has 1 amide bonds. The van der Waals surface area contributed by atoms with E-state index in [1.165, 1.54) is 6.33 Å². The molecule has 0 spiro atoms. The lowest BCUT2D eigenvalue weighted by molar-refractivity contribution is -0.120. The maximum atomic E-state index is 11.0. The van der Waals surface area contributed by atoms with Gasteiger partial charge in [-0.15, -0.1) is 0 Å². The van der Waals surface area contributed by atoms with Crippen molar-refractivity contribution in [2.24, 2.45) is 0 Å². The average Bonchev–Trinajstić information content (AvgIpc) is 2.20. The van der Waals surface area contributed by atoms with E-state index in [0.29, 0.717) is 19.6 Å². The summed E-state index contributed by atoms with van der Waals surface area (Å²) in [6.07, 6.45) is 4.92. The largest absolute Gasteiger partial charge is 0.355 e. The highest BCUT2D eigenvalue weighted by Gasteiger charge is 1.98. The molecule has 1 rings (SSSR count). The number of rotatable bonds is 5. The fourth-order valence-electron chi connectivity index (χ4n) is 1.00. The van der Waals surface area contributed by atoms with Crippen LogP contribution in [0.1, 0.15) is 12.5 Å². The van der Waals surface area contributed by atoms with E-state index in [2.05, 4.69) is 20.6 Å². The summed E-state index contributed by atoms with van der Waals surface area (Å²) in [5.41, 5.74) is 0.969. The van der Waals surface area contributed by atoms with E-state index in [0.717, 1.165) is 5.56 Å². The molecule has 0 saturated heterocycles. The third kappa shape index (κ3) is 3.95. The molecule has 14 heavy (non-hydrogen) atoms. The fourth-order valence-corrected chi connectivity index (χ4v) is 1.00. The SMILES string of the molecule is CCNC(=O)CNCc1cncnc1. The van der Waals surface area contributed by atoms with Gasteiger partial charge in [0.1, 0.15) is 6.33 Å². The highest BCUT2D eigenvalue weighted by atomic mass is 16.1. The van der Waals surface area contributed by atoms with Crippen LogP contribution in [-0.4, -0.2) is 29.0 Å². The van der Waals surface area contributed by atoms with Gasteiger partial charge in [-0.1, -0.05) is 0 Å². The van der Waals surface area contributed by atoms with Crippen molar-refractivity contribution in [2.75, 3.05) is 13.1 Å². The van der Waals surface area contributed by atoms with Crippen molar-refractivity contribution in [1.82, 2.24) is 20.6 Å². The van der Waals surface area contributed by atoms with Crippen LogP contribution in [0.25, 0.3) is 0 Å². The zero-order chi connectivity index (χ0) is 10.2. The molecule has 76 valence electrons. The molecule has 0 aliphatic rings. The maximum absolute atomic E-state index is 11.0. The van der Waals surface area contributed by atoms with Gasteiger partial charge in [0.2, 0.25) is 5.91 Å². The Morgan fingerprint density at radius 3 is 2.79 bits per heavy atom. The monoisotopic (exact) mass is 194 g/mol. The Kier molecular flexibility index (Phi) is 4.57. The molecule has 1 heterocycles. The Hall–Kier alpha value is -1.49. The van der Waals surface area contributed by atoms with Crippen molar-refractivity contribution in [3.63, 3.8) is 0 Å². The predicted octanol–water partition coefficient (Wildman–Crippen LogP) is -0.298. The normalized spacial score (nSPS) is 9.79. The van der Waals surface area contributed by atoms with E-state index >= 15 is 0 Å². The molecule has 0 saturated carbocycles. The first kappa shape index (κ1) is 10.6. The number of likely N-dealkylation sites (N-methyl/N-ethyl adjacent to an activating group) is 1. The minimum atomic E-state index is 0.00403. The van der Waals surface area contributed by atoms with Gasteiger partial charge in [-0.25, -0.2) is 9.97 Å². The highest BCUT2D eigenvalue weighted by Crippen LogP contribution is 1.90. The lowest BCUT2D eigenvalue weighted by Crippen LogP contribution is -2.33. The highest BCUT2D eigenvalue weighted by molar-refractivity contribution is 5.77. The standard InChI is InChI=1S/C9H14N4O/c1-2-13-9(14)6-10-3-8-4-11-7-12-5-8/h4-5,7,10H,2-3,6H2,1H3,(H,13,14). The van der Waals surface area contributed by atoms with Gasteiger partial charge in [0, 0.05) is 31.0 Å². The molecule has 0 radical (unpaired) electrons. The lowest BCUT2D eigenvalue weighted by atomic mass is 10.3. The Morgan fingerprint density at radius 1 is 1.43 bits per heavy atom. The molecule has 5 heteroatoms. The van der Waals surface area contributed by atoms with Crippen molar-refractivity contribution in [3.05, 3.63) is 24.3 Å². The van der Waals surface area contributed by atoms with Gasteiger partial charge in [0.05, 0.1) is 6.54 Å². The van der Waals surface area contributed by atoms with Crippen LogP contribution in [0, 0.1) is 0 Å². The number of carbonyl (C=O) groups is 1. The third-order valence-electron chi connectivity index (χ3n) is 1.60. The average molecular weight is 194 g/mol. The van der Waals surface area contributed by atoms with E-state index < -0.39 is 0 Å². The molecule has 0 unspecified atom stereocenters. The molecule has 1 aromatic rings. The van der Waals surface area contributed by atoms with Crippen LogP contribution in [0.4, 0.5) is 0 Å². The Bertz CT molecular complexity index is 275. The van der Waals surface area contributed by atoms with Crippen LogP contribution < -0.4 is 10.6 Å². The smallest absolute Gasteiger partial charge is 0.233 e. The van der Waals surface area contributed by atoms with Gasteiger partial charge < -0.3 is 10.6 Å². The van der Waals surface area contributed by atoms with Crippen LogP contribution in [-0.2, 0) is 11.3 Å². The first-order chi connectivity index (χ1) is 6.83.